The molecule has 2 unspecified atom stereocenters. The fraction of sp³-hybridized carbons (Fsp3) is 0.375. The molecule has 244 valence electrons. The number of benzene rings is 2. The highest BCUT2D eigenvalue weighted by Crippen LogP contribution is 2.36. The molecule has 0 aliphatic carbocycles. The molecular weight excluding hydrogens is 643 g/mol. The predicted octanol–water partition coefficient (Wildman–Crippen LogP) is 6.54. The lowest BCUT2D eigenvalue weighted by atomic mass is 9.96. The molecule has 2 aliphatic rings. The minimum Gasteiger partial charge on any atom is -0.509 e. The number of amides is 4. The Bertz CT molecular complexity index is 1580. The molecule has 0 bridgehead atoms. The van der Waals surface area contributed by atoms with Gasteiger partial charge in [-0.3, -0.25) is 14.4 Å². The lowest BCUT2D eigenvalue weighted by Crippen LogP contribution is -2.29. The second-order valence-corrected chi connectivity index (χ2v) is 12.2. The van der Waals surface area contributed by atoms with Gasteiger partial charge in [-0.15, -0.1) is 0 Å². The van der Waals surface area contributed by atoms with Crippen molar-refractivity contribution in [2.24, 2.45) is 0 Å². The Kier molecular flexibility index (Phi) is 12.9. The molecule has 0 saturated carbocycles. The standard InChI is InChI=1S/C16H19ClN2O3.C13H14ClNO2.C3H6ClNO/c1-8-6-7-11(17)12(9(8)2)13-14(10(3)18-15(13)20)22-16(21)19(4)5;1-6-4-5-9(14)10(7(6)2)11-12(16)8(3)15-13(11)17;1-5(2)3(4)6/h6-7,10H,1-5H3,(H,18,20);4-5,8,16H,1-3H3,(H,15,17);1-2H3. The number of hydrogen-bond acceptors (Lipinski definition) is 6. The van der Waals surface area contributed by atoms with Crippen LogP contribution in [0.15, 0.2) is 35.8 Å². The number of aliphatic hydroxyl groups is 1. The number of rotatable bonds is 3. The summed E-state index contributed by atoms with van der Waals surface area (Å²) in [6.45, 7) is 11.2. The van der Waals surface area contributed by atoms with Gasteiger partial charge in [0.25, 0.3) is 11.8 Å². The van der Waals surface area contributed by atoms with Crippen LogP contribution in [-0.2, 0) is 14.3 Å². The summed E-state index contributed by atoms with van der Waals surface area (Å²) in [6, 6.07) is 6.54. The van der Waals surface area contributed by atoms with Crippen molar-refractivity contribution in [2.75, 3.05) is 28.2 Å². The normalized spacial score (nSPS) is 17.1. The topological polar surface area (TPSA) is 128 Å². The largest absolute Gasteiger partial charge is 0.509 e. The first-order chi connectivity index (χ1) is 20.8. The lowest BCUT2D eigenvalue weighted by Gasteiger charge is -2.16. The van der Waals surface area contributed by atoms with Crippen LogP contribution in [0, 0.1) is 27.7 Å². The van der Waals surface area contributed by atoms with Crippen LogP contribution in [0.25, 0.3) is 11.1 Å². The first-order valence-corrected chi connectivity index (χ1v) is 15.0. The van der Waals surface area contributed by atoms with Crippen molar-refractivity contribution in [3.8, 4) is 0 Å². The molecule has 3 N–H and O–H groups in total. The zero-order valence-corrected chi connectivity index (χ0v) is 29.2. The summed E-state index contributed by atoms with van der Waals surface area (Å²) in [7, 11) is 6.36. The summed E-state index contributed by atoms with van der Waals surface area (Å²) >= 11 is 17.3. The van der Waals surface area contributed by atoms with Crippen LogP contribution in [0.3, 0.4) is 0 Å². The highest BCUT2D eigenvalue weighted by molar-refractivity contribution is 6.62. The van der Waals surface area contributed by atoms with Crippen molar-refractivity contribution in [3.05, 3.63) is 79.2 Å². The van der Waals surface area contributed by atoms with Gasteiger partial charge in [0, 0.05) is 49.4 Å². The molecule has 2 aromatic carbocycles. The maximum Gasteiger partial charge on any atom is 0.414 e. The molecule has 13 heteroatoms. The average Bonchev–Trinajstić information content (AvgIpc) is 3.37. The Morgan fingerprint density at radius 2 is 1.16 bits per heavy atom. The van der Waals surface area contributed by atoms with Crippen LogP contribution < -0.4 is 10.6 Å². The molecule has 2 heterocycles. The Balaban J connectivity index is 0.000000272. The molecule has 2 aromatic rings. The van der Waals surface area contributed by atoms with Crippen LogP contribution in [0.5, 0.6) is 0 Å². The quantitative estimate of drug-likeness (QED) is 0.250. The SMILES string of the molecule is CN(C)C(=O)Cl.Cc1ccc(Cl)c(C2=C(O)C(C)NC2=O)c1C.Cc1ccc(Cl)c(C2=C(OC(=O)N(C)C)C(C)NC2=O)c1C. The number of nitrogens with zero attached hydrogens (tertiary/aromatic N) is 2. The Morgan fingerprint density at radius 3 is 1.53 bits per heavy atom. The fourth-order valence-electron chi connectivity index (χ4n) is 4.32. The van der Waals surface area contributed by atoms with E-state index in [0.717, 1.165) is 22.3 Å². The van der Waals surface area contributed by atoms with E-state index in [9.17, 15) is 24.3 Å². The van der Waals surface area contributed by atoms with Crippen LogP contribution >= 0.6 is 34.8 Å². The number of hydrogen-bond donors (Lipinski definition) is 3. The third kappa shape index (κ3) is 8.71. The number of carbonyl (C=O) groups is 4. The first kappa shape index (κ1) is 37.5. The summed E-state index contributed by atoms with van der Waals surface area (Å²) < 4.78 is 5.40. The minimum absolute atomic E-state index is 0.0607. The summed E-state index contributed by atoms with van der Waals surface area (Å²) in [5.41, 5.74) is 5.73. The molecule has 0 fully saturated rings. The van der Waals surface area contributed by atoms with Crippen LogP contribution in [0.4, 0.5) is 9.59 Å². The Labute approximate surface area is 278 Å². The van der Waals surface area contributed by atoms with E-state index in [-0.39, 0.29) is 29.7 Å². The fourth-order valence-corrected chi connectivity index (χ4v) is 4.91. The van der Waals surface area contributed by atoms with Gasteiger partial charge >= 0.3 is 11.5 Å². The zero-order valence-electron chi connectivity index (χ0n) is 27.0. The number of aryl methyl sites for hydroxylation is 2. The molecule has 2 atom stereocenters. The van der Waals surface area contributed by atoms with Gasteiger partial charge in [-0.1, -0.05) is 35.3 Å². The Hall–Kier alpha value is -3.73. The van der Waals surface area contributed by atoms with E-state index in [1.54, 1.807) is 54.2 Å². The van der Waals surface area contributed by atoms with Crippen molar-refractivity contribution >= 4 is 69.2 Å². The van der Waals surface area contributed by atoms with Gasteiger partial charge in [-0.2, -0.15) is 0 Å². The number of halogens is 3. The van der Waals surface area contributed by atoms with E-state index in [1.807, 2.05) is 39.8 Å². The van der Waals surface area contributed by atoms with Gasteiger partial charge in [0.05, 0.1) is 23.2 Å². The average molecular weight is 682 g/mol. The van der Waals surface area contributed by atoms with Gasteiger partial charge in [-0.25, -0.2) is 4.79 Å². The van der Waals surface area contributed by atoms with Crippen LogP contribution in [-0.4, -0.2) is 78.5 Å². The molecule has 0 aromatic heterocycles. The predicted molar refractivity (Wildman–Crippen MR) is 179 cm³/mol. The number of nitrogens with one attached hydrogen (secondary N) is 2. The van der Waals surface area contributed by atoms with Gasteiger partial charge in [0.15, 0.2) is 0 Å². The summed E-state index contributed by atoms with van der Waals surface area (Å²) in [5, 5.41) is 15.9. The van der Waals surface area contributed by atoms with Gasteiger partial charge in [0.1, 0.15) is 11.5 Å². The first-order valence-electron chi connectivity index (χ1n) is 13.9. The molecule has 4 rings (SSSR count). The molecule has 0 radical (unpaired) electrons. The molecule has 0 saturated heterocycles. The van der Waals surface area contributed by atoms with Gasteiger partial charge in [0.2, 0.25) is 0 Å². The lowest BCUT2D eigenvalue weighted by molar-refractivity contribution is -0.116. The van der Waals surface area contributed by atoms with E-state index in [2.05, 4.69) is 10.6 Å². The van der Waals surface area contributed by atoms with Crippen LogP contribution in [0.1, 0.15) is 47.2 Å². The summed E-state index contributed by atoms with van der Waals surface area (Å²) in [5.74, 6) is -0.194. The third-order valence-electron chi connectivity index (χ3n) is 7.24. The van der Waals surface area contributed by atoms with Gasteiger partial charge < -0.3 is 30.3 Å². The molecule has 45 heavy (non-hydrogen) atoms. The molecule has 10 nitrogen and oxygen atoms in total. The van der Waals surface area contributed by atoms with E-state index < -0.39 is 11.5 Å². The molecular formula is C32H39Cl3N4O6. The monoisotopic (exact) mass is 680 g/mol. The van der Waals surface area contributed by atoms with Crippen molar-refractivity contribution in [1.82, 2.24) is 20.4 Å². The smallest absolute Gasteiger partial charge is 0.414 e. The van der Waals surface area contributed by atoms with Crippen molar-refractivity contribution in [2.45, 2.75) is 53.6 Å². The molecule has 0 spiro atoms. The van der Waals surface area contributed by atoms with Crippen molar-refractivity contribution in [3.63, 3.8) is 0 Å². The highest BCUT2D eigenvalue weighted by atomic mass is 35.5. The van der Waals surface area contributed by atoms with Gasteiger partial charge in [-0.05, 0) is 87.5 Å². The second kappa shape index (κ2) is 15.5. The minimum atomic E-state index is -0.530. The summed E-state index contributed by atoms with van der Waals surface area (Å²) in [6.07, 6.45) is -0.530. The van der Waals surface area contributed by atoms with E-state index in [1.165, 1.54) is 9.80 Å². The van der Waals surface area contributed by atoms with Crippen molar-refractivity contribution < 1.29 is 29.0 Å². The number of ether oxygens (including phenoxy) is 1. The van der Waals surface area contributed by atoms with E-state index in [0.29, 0.717) is 38.1 Å². The second-order valence-electron chi connectivity index (χ2n) is 11.0. The number of carbonyl (C=O) groups excluding carboxylic acids is 4. The Morgan fingerprint density at radius 1 is 0.756 bits per heavy atom. The zero-order chi connectivity index (χ0) is 34.5. The third-order valence-corrected chi connectivity index (χ3v) is 8.21. The maximum absolute atomic E-state index is 12.3. The van der Waals surface area contributed by atoms with Crippen LogP contribution in [0.2, 0.25) is 10.0 Å². The molecule has 4 amide bonds. The number of aliphatic hydroxyl groups excluding tert-OH is 1. The maximum atomic E-state index is 12.3. The molecule has 2 aliphatic heterocycles. The summed E-state index contributed by atoms with van der Waals surface area (Å²) in [4.78, 5) is 48.5. The van der Waals surface area contributed by atoms with E-state index in [4.69, 9.17) is 39.5 Å². The van der Waals surface area contributed by atoms with Crippen molar-refractivity contribution in [1.29, 1.82) is 0 Å². The highest BCUT2D eigenvalue weighted by Gasteiger charge is 2.35. The van der Waals surface area contributed by atoms with E-state index >= 15 is 0 Å².